The molecule has 1 aromatic carbocycles. The molecule has 0 radical (unpaired) electrons. The second-order valence-corrected chi connectivity index (χ2v) is 6.53. The lowest BCUT2D eigenvalue weighted by atomic mass is 9.97. The third kappa shape index (κ3) is 2.85. The molecular weight excluding hydrogens is 288 g/mol. The molecule has 1 aliphatic heterocycles. The van der Waals surface area contributed by atoms with Crippen LogP contribution in [0.15, 0.2) is 34.7 Å². The number of carbonyl (C=O) groups is 1. The highest BCUT2D eigenvalue weighted by Gasteiger charge is 2.31. The molecule has 2 atom stereocenters. The van der Waals surface area contributed by atoms with Gasteiger partial charge in [0.25, 0.3) is 5.91 Å². The summed E-state index contributed by atoms with van der Waals surface area (Å²) in [5, 5.41) is 0. The predicted octanol–water partition coefficient (Wildman–Crippen LogP) is 4.24. The molecule has 1 aromatic heterocycles. The van der Waals surface area contributed by atoms with Gasteiger partial charge >= 0.3 is 0 Å². The minimum atomic E-state index is -0.0162. The fourth-order valence-corrected chi connectivity index (χ4v) is 3.47. The Hall–Kier alpha value is -2.23. The maximum atomic E-state index is 12.8. The van der Waals surface area contributed by atoms with Crippen LogP contribution in [-0.4, -0.2) is 22.9 Å². The summed E-state index contributed by atoms with van der Waals surface area (Å²) in [7, 11) is 0. The first-order valence-corrected chi connectivity index (χ1v) is 8.27. The van der Waals surface area contributed by atoms with Crippen molar-refractivity contribution in [3.8, 4) is 11.3 Å². The summed E-state index contributed by atoms with van der Waals surface area (Å²) in [6.07, 6.45) is 3.29. The van der Waals surface area contributed by atoms with Crippen molar-refractivity contribution >= 4 is 11.6 Å². The van der Waals surface area contributed by atoms with E-state index in [1.807, 2.05) is 36.1 Å². The van der Waals surface area contributed by atoms with Gasteiger partial charge in [-0.1, -0.05) is 12.1 Å². The molecule has 0 saturated carbocycles. The summed E-state index contributed by atoms with van der Waals surface area (Å²) in [5.41, 5.74) is 8.59. The number of nitrogen functional groups attached to an aromatic ring is 1. The molecule has 1 fully saturated rings. The van der Waals surface area contributed by atoms with E-state index in [0.717, 1.165) is 29.7 Å². The Balaban J connectivity index is 1.89. The Labute approximate surface area is 137 Å². The number of amides is 1. The van der Waals surface area contributed by atoms with Crippen LogP contribution in [0, 0.1) is 6.92 Å². The van der Waals surface area contributed by atoms with Crippen LogP contribution in [-0.2, 0) is 0 Å². The van der Waals surface area contributed by atoms with Crippen molar-refractivity contribution in [1.82, 2.24) is 4.90 Å². The van der Waals surface area contributed by atoms with Gasteiger partial charge in [-0.3, -0.25) is 4.79 Å². The first-order chi connectivity index (χ1) is 11.0. The molecule has 1 aliphatic rings. The summed E-state index contributed by atoms with van der Waals surface area (Å²) in [5.74, 6) is 1.08. The van der Waals surface area contributed by atoms with Crippen LogP contribution in [0.4, 0.5) is 5.69 Å². The van der Waals surface area contributed by atoms with Crippen molar-refractivity contribution in [3.63, 3.8) is 0 Å². The topological polar surface area (TPSA) is 59.5 Å². The number of anilines is 1. The summed E-state index contributed by atoms with van der Waals surface area (Å²) in [6, 6.07) is 9.87. The normalized spacial score (nSPS) is 21.4. The molecule has 4 nitrogen and oxygen atoms in total. The number of likely N-dealkylation sites (tertiary alicyclic amines) is 1. The van der Waals surface area contributed by atoms with Crippen molar-refractivity contribution in [1.29, 1.82) is 0 Å². The van der Waals surface area contributed by atoms with Crippen molar-refractivity contribution in [2.24, 2.45) is 0 Å². The minimum absolute atomic E-state index is 0.0162. The third-order valence-corrected chi connectivity index (χ3v) is 4.89. The van der Waals surface area contributed by atoms with Gasteiger partial charge in [-0.25, -0.2) is 0 Å². The van der Waals surface area contributed by atoms with Crippen molar-refractivity contribution < 1.29 is 9.21 Å². The zero-order valence-corrected chi connectivity index (χ0v) is 14.0. The van der Waals surface area contributed by atoms with E-state index in [1.165, 1.54) is 6.42 Å². The maximum Gasteiger partial charge on any atom is 0.290 e. The van der Waals surface area contributed by atoms with Gasteiger partial charge in [0.1, 0.15) is 5.76 Å². The predicted molar refractivity (Wildman–Crippen MR) is 92.2 cm³/mol. The first kappa shape index (κ1) is 15.7. The van der Waals surface area contributed by atoms with Crippen molar-refractivity contribution in [2.75, 3.05) is 5.73 Å². The lowest BCUT2D eigenvalue weighted by Crippen LogP contribution is -2.47. The van der Waals surface area contributed by atoms with Gasteiger partial charge in [0.2, 0.25) is 0 Å². The van der Waals surface area contributed by atoms with E-state index >= 15 is 0 Å². The lowest BCUT2D eigenvalue weighted by molar-refractivity contribution is 0.0479. The number of hydrogen-bond donors (Lipinski definition) is 1. The highest BCUT2D eigenvalue weighted by atomic mass is 16.4. The van der Waals surface area contributed by atoms with Crippen LogP contribution in [0.2, 0.25) is 0 Å². The Morgan fingerprint density at radius 1 is 1.17 bits per heavy atom. The van der Waals surface area contributed by atoms with Crippen LogP contribution in [0.3, 0.4) is 0 Å². The Morgan fingerprint density at radius 3 is 2.57 bits per heavy atom. The van der Waals surface area contributed by atoms with E-state index in [2.05, 4.69) is 13.8 Å². The second kappa shape index (κ2) is 6.11. The molecular formula is C19H24N2O2. The monoisotopic (exact) mass is 312 g/mol. The molecule has 3 rings (SSSR count). The number of carbonyl (C=O) groups excluding carboxylic acids is 1. The molecule has 0 aliphatic carbocycles. The first-order valence-electron chi connectivity index (χ1n) is 8.27. The van der Waals surface area contributed by atoms with E-state index in [9.17, 15) is 4.79 Å². The van der Waals surface area contributed by atoms with Crippen LogP contribution in [0.5, 0.6) is 0 Å². The number of nitrogens with two attached hydrogens (primary N) is 1. The number of piperidine rings is 1. The van der Waals surface area contributed by atoms with E-state index in [4.69, 9.17) is 10.2 Å². The van der Waals surface area contributed by atoms with Crippen LogP contribution in [0.25, 0.3) is 11.3 Å². The smallest absolute Gasteiger partial charge is 0.290 e. The molecule has 2 unspecified atom stereocenters. The highest BCUT2D eigenvalue weighted by molar-refractivity contribution is 5.92. The molecule has 23 heavy (non-hydrogen) atoms. The number of nitrogens with zero attached hydrogens (tertiary/aromatic N) is 1. The second-order valence-electron chi connectivity index (χ2n) is 6.53. The van der Waals surface area contributed by atoms with Gasteiger partial charge in [-0.2, -0.15) is 0 Å². The molecule has 1 amide bonds. The molecule has 2 N–H and O–H groups in total. The fraction of sp³-hybridized carbons (Fsp3) is 0.421. The van der Waals surface area contributed by atoms with Gasteiger partial charge in [-0.05, 0) is 63.8 Å². The van der Waals surface area contributed by atoms with Crippen LogP contribution >= 0.6 is 0 Å². The molecule has 2 aromatic rings. The van der Waals surface area contributed by atoms with Gasteiger partial charge in [-0.15, -0.1) is 0 Å². The summed E-state index contributed by atoms with van der Waals surface area (Å²) in [6.45, 7) is 6.18. The lowest BCUT2D eigenvalue weighted by Gasteiger charge is -2.38. The van der Waals surface area contributed by atoms with Gasteiger partial charge in [0.05, 0.1) is 0 Å². The molecule has 122 valence electrons. The van der Waals surface area contributed by atoms with Gasteiger partial charge in [0, 0.05) is 23.3 Å². The molecule has 4 heteroatoms. The molecule has 1 saturated heterocycles. The van der Waals surface area contributed by atoms with E-state index in [1.54, 1.807) is 6.07 Å². The van der Waals surface area contributed by atoms with E-state index in [0.29, 0.717) is 11.5 Å². The summed E-state index contributed by atoms with van der Waals surface area (Å²) in [4.78, 5) is 14.8. The summed E-state index contributed by atoms with van der Waals surface area (Å²) < 4.78 is 5.87. The average molecular weight is 312 g/mol. The number of benzene rings is 1. The zero-order chi connectivity index (χ0) is 16.6. The Kier molecular flexibility index (Phi) is 4.16. The average Bonchev–Trinajstić information content (AvgIpc) is 2.99. The van der Waals surface area contributed by atoms with E-state index < -0.39 is 0 Å². The van der Waals surface area contributed by atoms with Crippen LogP contribution < -0.4 is 5.73 Å². The fourth-order valence-electron chi connectivity index (χ4n) is 3.47. The van der Waals surface area contributed by atoms with Crippen molar-refractivity contribution in [2.45, 2.75) is 52.1 Å². The highest BCUT2D eigenvalue weighted by Crippen LogP contribution is 2.30. The standard InChI is InChI=1S/C19H24N2O2/c1-12-6-4-7-13(2)21(12)19(22)18-11-10-17(23-18)15-8-5-9-16(20)14(15)3/h5,8-13H,4,6-7,20H2,1-3H3. The van der Waals surface area contributed by atoms with Gasteiger partial charge in [0.15, 0.2) is 5.76 Å². The molecule has 2 heterocycles. The molecule has 0 bridgehead atoms. The Bertz CT molecular complexity index is 710. The Morgan fingerprint density at radius 2 is 1.87 bits per heavy atom. The van der Waals surface area contributed by atoms with Gasteiger partial charge < -0.3 is 15.1 Å². The quantitative estimate of drug-likeness (QED) is 0.844. The maximum absolute atomic E-state index is 12.8. The largest absolute Gasteiger partial charge is 0.451 e. The minimum Gasteiger partial charge on any atom is -0.451 e. The third-order valence-electron chi connectivity index (χ3n) is 4.89. The van der Waals surface area contributed by atoms with Crippen molar-refractivity contribution in [3.05, 3.63) is 41.7 Å². The number of rotatable bonds is 2. The number of hydrogen-bond acceptors (Lipinski definition) is 3. The van der Waals surface area contributed by atoms with E-state index in [-0.39, 0.29) is 18.0 Å². The molecule has 0 spiro atoms. The zero-order valence-electron chi connectivity index (χ0n) is 14.0. The number of furan rings is 1. The summed E-state index contributed by atoms with van der Waals surface area (Å²) >= 11 is 0. The SMILES string of the molecule is Cc1c(N)cccc1-c1ccc(C(=O)N2C(C)CCCC2C)o1. The van der Waals surface area contributed by atoms with Crippen LogP contribution in [0.1, 0.15) is 49.2 Å².